The number of ketones is 1. The van der Waals surface area contributed by atoms with Crippen LogP contribution in [0.3, 0.4) is 0 Å². The van der Waals surface area contributed by atoms with Crippen molar-refractivity contribution in [3.8, 4) is 0 Å². The number of benzene rings is 2. The summed E-state index contributed by atoms with van der Waals surface area (Å²) >= 11 is 6.17. The van der Waals surface area contributed by atoms with Gasteiger partial charge in [0.2, 0.25) is 0 Å². The molecule has 0 atom stereocenters. The Morgan fingerprint density at radius 3 is 2.43 bits per heavy atom. The molecule has 35 heavy (non-hydrogen) atoms. The average Bonchev–Trinajstić information content (AvgIpc) is 3.26. The summed E-state index contributed by atoms with van der Waals surface area (Å²) in [6.07, 6.45) is 4.96. The van der Waals surface area contributed by atoms with Gasteiger partial charge in [0, 0.05) is 31.4 Å². The van der Waals surface area contributed by atoms with Gasteiger partial charge in [-0.2, -0.15) is 0 Å². The molecule has 1 fully saturated rings. The lowest BCUT2D eigenvalue weighted by atomic mass is 9.84. The Kier molecular flexibility index (Phi) is 6.63. The molecule has 180 valence electrons. The zero-order valence-corrected chi connectivity index (χ0v) is 20.7. The Labute approximate surface area is 211 Å². The summed E-state index contributed by atoms with van der Waals surface area (Å²) in [5.41, 5.74) is 4.73. The molecule has 0 aliphatic carbocycles. The molecule has 2 aromatic carbocycles. The number of carbonyl (C=O) groups excluding carboxylic acids is 1. The summed E-state index contributed by atoms with van der Waals surface area (Å²) in [6.45, 7) is 3.62. The van der Waals surface area contributed by atoms with Gasteiger partial charge < -0.3 is 10.0 Å². The van der Waals surface area contributed by atoms with Crippen molar-refractivity contribution in [2.75, 3.05) is 18.0 Å². The number of imidazole rings is 1. The lowest BCUT2D eigenvalue weighted by molar-refractivity contribution is 0.0118. The van der Waals surface area contributed by atoms with Crippen LogP contribution in [-0.4, -0.2) is 33.4 Å². The Bertz CT molecular complexity index is 1320. The minimum Gasteiger partial charge on any atom is -0.385 e. The van der Waals surface area contributed by atoms with Crippen molar-refractivity contribution in [1.82, 2.24) is 9.38 Å². The van der Waals surface area contributed by atoms with Crippen LogP contribution in [0.15, 0.2) is 72.9 Å². The van der Waals surface area contributed by atoms with Crippen LogP contribution in [0.4, 0.5) is 5.69 Å². The van der Waals surface area contributed by atoms with Crippen molar-refractivity contribution in [1.29, 1.82) is 0 Å². The first kappa shape index (κ1) is 23.6. The topological polar surface area (TPSA) is 57.8 Å². The van der Waals surface area contributed by atoms with Crippen molar-refractivity contribution in [2.24, 2.45) is 0 Å². The minimum atomic E-state index is -0.753. The van der Waals surface area contributed by atoms with Crippen LogP contribution in [0, 0.1) is 0 Å². The highest BCUT2D eigenvalue weighted by Crippen LogP contribution is 2.34. The van der Waals surface area contributed by atoms with E-state index in [9.17, 15) is 9.90 Å². The highest BCUT2D eigenvalue weighted by atomic mass is 35.5. The van der Waals surface area contributed by atoms with Crippen molar-refractivity contribution in [2.45, 2.75) is 44.6 Å². The molecule has 5 nitrogen and oxygen atoms in total. The number of fused-ring (bicyclic) bond motifs is 1. The molecule has 0 amide bonds. The third kappa shape index (κ3) is 4.84. The highest BCUT2D eigenvalue weighted by Gasteiger charge is 2.33. The molecule has 0 spiro atoms. The molecule has 4 aromatic rings. The number of aromatic nitrogens is 2. The largest absolute Gasteiger partial charge is 0.385 e. The standard InChI is InChI=1S/C29H30ClN3O2/c1-2-25-28(33-20-23(30)11-15-27(33)31-25)26(34)14-10-21-8-12-24(13-9-21)32-18-16-29(35,17-19-32)22-6-4-3-5-7-22/h3-9,11-13,15,20,35H,2,10,14,16-19H2,1H3. The van der Waals surface area contributed by atoms with E-state index in [0.717, 1.165) is 41.2 Å². The van der Waals surface area contributed by atoms with E-state index in [2.05, 4.69) is 34.1 Å². The van der Waals surface area contributed by atoms with Crippen LogP contribution in [0.2, 0.25) is 5.02 Å². The number of piperidine rings is 1. The minimum absolute atomic E-state index is 0.0805. The maximum absolute atomic E-state index is 13.1. The predicted molar refractivity (Wildman–Crippen MR) is 140 cm³/mol. The number of hydrogen-bond donors (Lipinski definition) is 1. The van der Waals surface area contributed by atoms with Crippen LogP contribution in [0.1, 0.15) is 53.5 Å². The molecule has 3 heterocycles. The van der Waals surface area contributed by atoms with Gasteiger partial charge in [0.1, 0.15) is 11.3 Å². The van der Waals surface area contributed by atoms with E-state index in [4.69, 9.17) is 11.6 Å². The zero-order valence-electron chi connectivity index (χ0n) is 20.0. The van der Waals surface area contributed by atoms with E-state index < -0.39 is 5.60 Å². The van der Waals surface area contributed by atoms with Gasteiger partial charge in [-0.15, -0.1) is 0 Å². The fourth-order valence-corrected chi connectivity index (χ4v) is 5.19. The lowest BCUT2D eigenvalue weighted by Crippen LogP contribution is -2.42. The number of nitrogens with zero attached hydrogens (tertiary/aromatic N) is 3. The van der Waals surface area contributed by atoms with Crippen molar-refractivity contribution >= 4 is 28.7 Å². The summed E-state index contributed by atoms with van der Waals surface area (Å²) < 4.78 is 1.82. The Hall–Kier alpha value is -3.15. The molecule has 1 N–H and O–H groups in total. The van der Waals surface area contributed by atoms with E-state index in [1.807, 2.05) is 47.7 Å². The van der Waals surface area contributed by atoms with E-state index >= 15 is 0 Å². The molecular weight excluding hydrogens is 458 g/mol. The van der Waals surface area contributed by atoms with Gasteiger partial charge in [-0.05, 0) is 61.1 Å². The Balaban J connectivity index is 1.22. The maximum atomic E-state index is 13.1. The number of aliphatic hydroxyl groups is 1. The normalized spacial score (nSPS) is 15.5. The molecule has 1 aliphatic heterocycles. The molecular formula is C29H30ClN3O2. The molecule has 0 saturated carbocycles. The fraction of sp³-hybridized carbons (Fsp3) is 0.310. The SMILES string of the molecule is CCc1nc2ccc(Cl)cn2c1C(=O)CCc1ccc(N2CCC(O)(c3ccccc3)CC2)cc1. The first-order valence-electron chi connectivity index (χ1n) is 12.3. The monoisotopic (exact) mass is 487 g/mol. The molecule has 0 radical (unpaired) electrons. The van der Waals surface area contributed by atoms with Crippen LogP contribution >= 0.6 is 11.6 Å². The molecule has 5 rings (SSSR count). The third-order valence-electron chi connectivity index (χ3n) is 7.10. The summed E-state index contributed by atoms with van der Waals surface area (Å²) in [5.74, 6) is 0.0805. The van der Waals surface area contributed by atoms with Gasteiger partial charge in [-0.25, -0.2) is 4.98 Å². The number of rotatable bonds is 7. The number of halogens is 1. The van der Waals surface area contributed by atoms with E-state index in [1.54, 1.807) is 12.3 Å². The summed E-state index contributed by atoms with van der Waals surface area (Å²) in [7, 11) is 0. The second-order valence-electron chi connectivity index (χ2n) is 9.31. The number of Topliss-reactive ketones (excluding diaryl/α,β-unsaturated/α-hetero) is 1. The van der Waals surface area contributed by atoms with Gasteiger partial charge in [0.05, 0.1) is 16.3 Å². The van der Waals surface area contributed by atoms with Gasteiger partial charge in [-0.1, -0.05) is 61.0 Å². The molecule has 2 aromatic heterocycles. The average molecular weight is 488 g/mol. The molecule has 1 aliphatic rings. The Morgan fingerprint density at radius 2 is 1.74 bits per heavy atom. The zero-order chi connectivity index (χ0) is 24.4. The van der Waals surface area contributed by atoms with E-state index in [0.29, 0.717) is 42.8 Å². The second kappa shape index (κ2) is 9.84. The fourth-order valence-electron chi connectivity index (χ4n) is 5.03. The number of aryl methyl sites for hydroxylation is 2. The van der Waals surface area contributed by atoms with Crippen molar-refractivity contribution < 1.29 is 9.90 Å². The number of pyridine rings is 1. The maximum Gasteiger partial charge on any atom is 0.181 e. The predicted octanol–water partition coefficient (Wildman–Crippen LogP) is 5.85. The van der Waals surface area contributed by atoms with Crippen LogP contribution in [-0.2, 0) is 18.4 Å². The van der Waals surface area contributed by atoms with Crippen LogP contribution in [0.5, 0.6) is 0 Å². The molecule has 6 heteroatoms. The summed E-state index contributed by atoms with van der Waals surface area (Å²) in [5, 5.41) is 11.7. The van der Waals surface area contributed by atoms with Crippen LogP contribution < -0.4 is 4.90 Å². The highest BCUT2D eigenvalue weighted by molar-refractivity contribution is 6.30. The molecule has 0 unspecified atom stereocenters. The van der Waals surface area contributed by atoms with Gasteiger partial charge in [0.25, 0.3) is 0 Å². The number of carbonyl (C=O) groups is 1. The van der Waals surface area contributed by atoms with Crippen molar-refractivity contribution in [3.05, 3.63) is 100 Å². The van der Waals surface area contributed by atoms with Crippen LogP contribution in [0.25, 0.3) is 5.65 Å². The first-order valence-corrected chi connectivity index (χ1v) is 12.7. The number of hydrogen-bond acceptors (Lipinski definition) is 4. The Morgan fingerprint density at radius 1 is 1.03 bits per heavy atom. The van der Waals surface area contributed by atoms with Gasteiger partial charge >= 0.3 is 0 Å². The van der Waals surface area contributed by atoms with Gasteiger partial charge in [0.15, 0.2) is 5.78 Å². The van der Waals surface area contributed by atoms with Crippen molar-refractivity contribution in [3.63, 3.8) is 0 Å². The smallest absolute Gasteiger partial charge is 0.181 e. The lowest BCUT2D eigenvalue weighted by Gasteiger charge is -2.39. The third-order valence-corrected chi connectivity index (χ3v) is 7.32. The second-order valence-corrected chi connectivity index (χ2v) is 9.75. The van der Waals surface area contributed by atoms with E-state index in [-0.39, 0.29) is 5.78 Å². The number of anilines is 1. The molecule has 0 bridgehead atoms. The quantitative estimate of drug-likeness (QED) is 0.332. The molecule has 1 saturated heterocycles. The summed E-state index contributed by atoms with van der Waals surface area (Å²) in [4.78, 5) is 20.1. The first-order chi connectivity index (χ1) is 17.0. The van der Waals surface area contributed by atoms with Gasteiger partial charge in [-0.3, -0.25) is 9.20 Å². The summed E-state index contributed by atoms with van der Waals surface area (Å²) in [6, 6.07) is 22.1. The van der Waals surface area contributed by atoms with E-state index in [1.165, 1.54) is 0 Å².